The van der Waals surface area contributed by atoms with Crippen molar-refractivity contribution in [3.05, 3.63) is 45.3 Å². The number of carboxylic acid groups (broad SMARTS) is 1. The third-order valence-corrected chi connectivity index (χ3v) is 6.05. The summed E-state index contributed by atoms with van der Waals surface area (Å²) in [7, 11) is -3.94. The molecular weight excluding hydrogens is 334 g/mol. The Morgan fingerprint density at radius 1 is 1.29 bits per heavy atom. The maximum Gasteiger partial charge on any atom is 0.339 e. The van der Waals surface area contributed by atoms with Gasteiger partial charge in [-0.1, -0.05) is 23.7 Å². The van der Waals surface area contributed by atoms with Gasteiger partial charge in [-0.25, -0.2) is 13.2 Å². The first-order chi connectivity index (χ1) is 9.74. The SMILES string of the molecule is Cc1sc(NS(=O)(=O)c2ccccc2Cl)c(C(=O)O)c1C. The van der Waals surface area contributed by atoms with Crippen molar-refractivity contribution < 1.29 is 18.3 Å². The molecular formula is C13H12ClNO4S2. The normalized spacial score (nSPS) is 11.4. The molecule has 0 spiro atoms. The number of rotatable bonds is 4. The van der Waals surface area contributed by atoms with E-state index >= 15 is 0 Å². The fraction of sp³-hybridized carbons (Fsp3) is 0.154. The molecule has 21 heavy (non-hydrogen) atoms. The molecule has 8 heteroatoms. The van der Waals surface area contributed by atoms with Crippen molar-refractivity contribution in [3.8, 4) is 0 Å². The van der Waals surface area contributed by atoms with Crippen LogP contribution < -0.4 is 4.72 Å². The van der Waals surface area contributed by atoms with Gasteiger partial charge < -0.3 is 5.11 Å². The first kappa shape index (κ1) is 15.8. The average Bonchev–Trinajstić information content (AvgIpc) is 2.64. The van der Waals surface area contributed by atoms with E-state index in [1.54, 1.807) is 26.0 Å². The summed E-state index contributed by atoms with van der Waals surface area (Å²) in [5.41, 5.74) is 0.512. The Kier molecular flexibility index (Phi) is 4.27. The van der Waals surface area contributed by atoms with Crippen molar-refractivity contribution >= 4 is 43.9 Å². The minimum absolute atomic E-state index is 0.0341. The molecule has 112 valence electrons. The molecule has 0 aliphatic carbocycles. The molecule has 0 fully saturated rings. The van der Waals surface area contributed by atoms with E-state index in [1.807, 2.05) is 0 Å². The number of benzene rings is 1. The zero-order valence-corrected chi connectivity index (χ0v) is 13.6. The molecule has 0 bridgehead atoms. The van der Waals surface area contributed by atoms with Crippen molar-refractivity contribution in [3.63, 3.8) is 0 Å². The Balaban J connectivity index is 2.50. The minimum Gasteiger partial charge on any atom is -0.478 e. The lowest BCUT2D eigenvalue weighted by molar-refractivity contribution is 0.0697. The van der Waals surface area contributed by atoms with E-state index in [9.17, 15) is 18.3 Å². The summed E-state index contributed by atoms with van der Waals surface area (Å²) in [5, 5.41) is 9.38. The third kappa shape index (κ3) is 3.04. The predicted molar refractivity (Wildman–Crippen MR) is 83.0 cm³/mol. The van der Waals surface area contributed by atoms with Crippen LogP contribution in [-0.4, -0.2) is 19.5 Å². The molecule has 5 nitrogen and oxygen atoms in total. The Labute approximate surface area is 131 Å². The molecule has 2 rings (SSSR count). The number of carboxylic acids is 1. The van der Waals surface area contributed by atoms with Gasteiger partial charge in [0.25, 0.3) is 10.0 Å². The molecule has 0 aliphatic heterocycles. The van der Waals surface area contributed by atoms with Gasteiger partial charge in [0.2, 0.25) is 0 Å². The molecule has 0 radical (unpaired) electrons. The number of hydrogen-bond donors (Lipinski definition) is 2. The van der Waals surface area contributed by atoms with E-state index in [1.165, 1.54) is 12.1 Å². The first-order valence-electron chi connectivity index (χ1n) is 5.84. The van der Waals surface area contributed by atoms with Crippen LogP contribution in [0.15, 0.2) is 29.2 Å². The number of nitrogens with one attached hydrogen (secondary N) is 1. The van der Waals surface area contributed by atoms with E-state index in [0.29, 0.717) is 5.56 Å². The molecule has 0 amide bonds. The van der Waals surface area contributed by atoms with Crippen LogP contribution >= 0.6 is 22.9 Å². The van der Waals surface area contributed by atoms with Crippen molar-refractivity contribution in [1.82, 2.24) is 0 Å². The first-order valence-corrected chi connectivity index (χ1v) is 8.52. The van der Waals surface area contributed by atoms with Crippen LogP contribution in [0.4, 0.5) is 5.00 Å². The van der Waals surface area contributed by atoms with Crippen molar-refractivity contribution in [1.29, 1.82) is 0 Å². The highest BCUT2D eigenvalue weighted by atomic mass is 35.5. The fourth-order valence-corrected chi connectivity index (χ4v) is 4.67. The van der Waals surface area contributed by atoms with Crippen LogP contribution in [0.2, 0.25) is 5.02 Å². The van der Waals surface area contributed by atoms with Crippen LogP contribution in [0.3, 0.4) is 0 Å². The summed E-state index contributed by atoms with van der Waals surface area (Å²) in [4.78, 5) is 11.9. The smallest absolute Gasteiger partial charge is 0.339 e. The third-order valence-electron chi connectivity index (χ3n) is 2.95. The topological polar surface area (TPSA) is 83.5 Å². The van der Waals surface area contributed by atoms with Gasteiger partial charge >= 0.3 is 5.97 Å². The maximum atomic E-state index is 12.3. The zero-order valence-electron chi connectivity index (χ0n) is 11.2. The number of sulfonamides is 1. The van der Waals surface area contributed by atoms with E-state index in [0.717, 1.165) is 16.2 Å². The van der Waals surface area contributed by atoms with Gasteiger partial charge in [-0.15, -0.1) is 11.3 Å². The molecule has 0 unspecified atom stereocenters. The summed E-state index contributed by atoms with van der Waals surface area (Å²) in [6.45, 7) is 3.38. The number of aromatic carboxylic acids is 1. The average molecular weight is 346 g/mol. The van der Waals surface area contributed by atoms with Crippen LogP contribution in [0.1, 0.15) is 20.8 Å². The molecule has 0 saturated carbocycles. The number of hydrogen-bond acceptors (Lipinski definition) is 4. The Bertz CT molecular complexity index is 812. The minimum atomic E-state index is -3.94. The van der Waals surface area contributed by atoms with E-state index in [4.69, 9.17) is 11.6 Å². The van der Waals surface area contributed by atoms with Gasteiger partial charge in [0.15, 0.2) is 0 Å². The van der Waals surface area contributed by atoms with Crippen LogP contribution in [0.25, 0.3) is 0 Å². The molecule has 2 N–H and O–H groups in total. The summed E-state index contributed by atoms with van der Waals surface area (Å²) < 4.78 is 27.0. The highest BCUT2D eigenvalue weighted by Crippen LogP contribution is 2.34. The van der Waals surface area contributed by atoms with Gasteiger partial charge in [0.1, 0.15) is 9.90 Å². The van der Waals surface area contributed by atoms with Crippen molar-refractivity contribution in [2.24, 2.45) is 0 Å². The molecule has 0 aliphatic rings. The standard InChI is InChI=1S/C13H12ClNO4S2/c1-7-8(2)20-12(11(7)13(16)17)15-21(18,19)10-6-4-3-5-9(10)14/h3-6,15H,1-2H3,(H,16,17). The van der Waals surface area contributed by atoms with Crippen molar-refractivity contribution in [2.75, 3.05) is 4.72 Å². The molecule has 0 atom stereocenters. The van der Waals surface area contributed by atoms with Crippen molar-refractivity contribution in [2.45, 2.75) is 18.7 Å². The van der Waals surface area contributed by atoms with E-state index in [2.05, 4.69) is 4.72 Å². The summed E-state index contributed by atoms with van der Waals surface area (Å²) in [5.74, 6) is -1.17. The number of thiophene rings is 1. The highest BCUT2D eigenvalue weighted by Gasteiger charge is 2.24. The second kappa shape index (κ2) is 5.67. The summed E-state index contributed by atoms with van der Waals surface area (Å²) >= 11 is 6.96. The number of halogens is 1. The van der Waals surface area contributed by atoms with Gasteiger partial charge in [-0.2, -0.15) is 0 Å². The largest absolute Gasteiger partial charge is 0.478 e. The zero-order chi connectivity index (χ0) is 15.8. The van der Waals surface area contributed by atoms with E-state index < -0.39 is 16.0 Å². The van der Waals surface area contributed by atoms with Gasteiger partial charge in [-0.3, -0.25) is 4.72 Å². The number of anilines is 1. The maximum absolute atomic E-state index is 12.3. The Morgan fingerprint density at radius 3 is 2.48 bits per heavy atom. The molecule has 1 aromatic carbocycles. The van der Waals surface area contributed by atoms with Gasteiger partial charge in [0, 0.05) is 4.88 Å². The fourth-order valence-electron chi connectivity index (χ4n) is 1.80. The Morgan fingerprint density at radius 2 is 1.90 bits per heavy atom. The van der Waals surface area contributed by atoms with E-state index in [-0.39, 0.29) is 20.5 Å². The predicted octanol–water partition coefficient (Wildman–Crippen LogP) is 3.52. The highest BCUT2D eigenvalue weighted by molar-refractivity contribution is 7.93. The summed E-state index contributed by atoms with van der Waals surface area (Å²) in [6.07, 6.45) is 0. The second-order valence-electron chi connectivity index (χ2n) is 4.33. The number of aryl methyl sites for hydroxylation is 1. The monoisotopic (exact) mass is 345 g/mol. The second-order valence-corrected chi connectivity index (χ2v) is 7.61. The molecule has 2 aromatic rings. The molecule has 1 aromatic heterocycles. The quantitative estimate of drug-likeness (QED) is 0.888. The lowest BCUT2D eigenvalue weighted by Gasteiger charge is -2.08. The van der Waals surface area contributed by atoms with Crippen LogP contribution in [0, 0.1) is 13.8 Å². The van der Waals surface area contributed by atoms with Crippen LogP contribution in [0.5, 0.6) is 0 Å². The Hall–Kier alpha value is -1.57. The van der Waals surface area contributed by atoms with Gasteiger partial charge in [-0.05, 0) is 31.5 Å². The molecule has 1 heterocycles. The molecule has 0 saturated heterocycles. The van der Waals surface area contributed by atoms with Crippen LogP contribution in [-0.2, 0) is 10.0 Å². The number of carbonyl (C=O) groups is 1. The van der Waals surface area contributed by atoms with Gasteiger partial charge in [0.05, 0.1) is 10.6 Å². The lowest BCUT2D eigenvalue weighted by Crippen LogP contribution is -2.14. The summed E-state index contributed by atoms with van der Waals surface area (Å²) in [6, 6.07) is 5.98. The lowest BCUT2D eigenvalue weighted by atomic mass is 10.2.